The highest BCUT2D eigenvalue weighted by molar-refractivity contribution is 7.80. The highest BCUT2D eigenvalue weighted by Crippen LogP contribution is 2.47. The molecule has 0 atom stereocenters. The maximum atomic E-state index is 4.48. The van der Waals surface area contributed by atoms with Crippen molar-refractivity contribution in [2.75, 3.05) is 18.8 Å². The third-order valence-electron chi connectivity index (χ3n) is 3.55. The smallest absolute Gasteiger partial charge is 0.0233 e. The zero-order valence-electron chi connectivity index (χ0n) is 10.0. The second-order valence-corrected chi connectivity index (χ2v) is 5.26. The minimum Gasteiger partial charge on any atom is -0.299 e. The molecule has 0 unspecified atom stereocenters. The number of rotatable bonds is 6. The van der Waals surface area contributed by atoms with E-state index >= 15 is 0 Å². The molecule has 2 rings (SSSR count). The molecule has 1 aromatic rings. The zero-order chi connectivity index (χ0) is 11.4. The molecule has 0 bridgehead atoms. The lowest BCUT2D eigenvalue weighted by Crippen LogP contribution is -2.30. The molecular weight excluding hydrogens is 214 g/mol. The Morgan fingerprint density at radius 2 is 1.94 bits per heavy atom. The van der Waals surface area contributed by atoms with Crippen molar-refractivity contribution in [3.05, 3.63) is 35.9 Å². The molecule has 0 aliphatic heterocycles. The summed E-state index contributed by atoms with van der Waals surface area (Å²) in [6.07, 6.45) is 2.73. The summed E-state index contributed by atoms with van der Waals surface area (Å²) in [5, 5.41) is 0. The lowest BCUT2D eigenvalue weighted by Gasteiger charge is -2.25. The van der Waals surface area contributed by atoms with Crippen LogP contribution < -0.4 is 0 Å². The maximum Gasteiger partial charge on any atom is 0.0233 e. The van der Waals surface area contributed by atoms with E-state index in [2.05, 4.69) is 54.8 Å². The van der Waals surface area contributed by atoms with Crippen molar-refractivity contribution in [1.82, 2.24) is 4.90 Å². The lowest BCUT2D eigenvalue weighted by molar-refractivity contribution is 0.233. The summed E-state index contributed by atoms with van der Waals surface area (Å²) in [4.78, 5) is 2.54. The summed E-state index contributed by atoms with van der Waals surface area (Å²) < 4.78 is 0. The normalized spacial score (nSPS) is 17.7. The van der Waals surface area contributed by atoms with E-state index in [1.54, 1.807) is 0 Å². The van der Waals surface area contributed by atoms with Gasteiger partial charge in [-0.1, -0.05) is 37.3 Å². The summed E-state index contributed by atoms with van der Waals surface area (Å²) in [6.45, 7) is 5.66. The number of thiol groups is 1. The Kier molecular flexibility index (Phi) is 3.93. The van der Waals surface area contributed by atoms with E-state index in [1.165, 1.54) is 24.9 Å². The molecule has 0 saturated heterocycles. The molecular formula is C14H21NS. The molecule has 16 heavy (non-hydrogen) atoms. The van der Waals surface area contributed by atoms with Gasteiger partial charge in [-0.3, -0.25) is 4.90 Å². The van der Waals surface area contributed by atoms with Gasteiger partial charge in [-0.25, -0.2) is 0 Å². The largest absolute Gasteiger partial charge is 0.299 e. The third kappa shape index (κ3) is 3.02. The predicted octanol–water partition coefficient (Wildman–Crippen LogP) is 3.22. The third-order valence-corrected chi connectivity index (χ3v) is 4.22. The Balaban J connectivity index is 1.91. The minimum atomic E-state index is 0.536. The van der Waals surface area contributed by atoms with E-state index in [4.69, 9.17) is 0 Å². The van der Waals surface area contributed by atoms with E-state index in [-0.39, 0.29) is 0 Å². The summed E-state index contributed by atoms with van der Waals surface area (Å²) in [7, 11) is 0. The van der Waals surface area contributed by atoms with Crippen LogP contribution in [0.4, 0.5) is 0 Å². The molecule has 0 heterocycles. The van der Waals surface area contributed by atoms with E-state index in [0.717, 1.165) is 18.8 Å². The molecule has 1 aromatic carbocycles. The highest BCUT2D eigenvalue weighted by atomic mass is 32.1. The van der Waals surface area contributed by atoms with Crippen LogP contribution in [0.3, 0.4) is 0 Å². The van der Waals surface area contributed by atoms with Gasteiger partial charge in [0.25, 0.3) is 0 Å². The van der Waals surface area contributed by atoms with Crippen LogP contribution in [0, 0.1) is 5.41 Å². The quantitative estimate of drug-likeness (QED) is 0.741. The highest BCUT2D eigenvalue weighted by Gasteiger charge is 2.42. The van der Waals surface area contributed by atoms with Gasteiger partial charge in [0.1, 0.15) is 0 Å². The summed E-state index contributed by atoms with van der Waals surface area (Å²) in [5.41, 5.74) is 1.95. The molecule has 1 saturated carbocycles. The Bertz CT molecular complexity index is 319. The van der Waals surface area contributed by atoms with Crippen LogP contribution in [0.15, 0.2) is 30.3 Å². The second-order valence-electron chi connectivity index (χ2n) is 4.95. The standard InChI is InChI=1S/C14H21NS/c1-2-15(11-14(12-16)8-9-14)10-13-6-4-3-5-7-13/h3-7,16H,2,8-12H2,1H3. The van der Waals surface area contributed by atoms with Crippen molar-refractivity contribution in [2.24, 2.45) is 5.41 Å². The van der Waals surface area contributed by atoms with Gasteiger partial charge >= 0.3 is 0 Å². The van der Waals surface area contributed by atoms with Gasteiger partial charge < -0.3 is 0 Å². The molecule has 0 aromatic heterocycles. The Morgan fingerprint density at radius 1 is 1.25 bits per heavy atom. The Labute approximate surface area is 104 Å². The Hall–Kier alpha value is -0.470. The summed E-state index contributed by atoms with van der Waals surface area (Å²) >= 11 is 4.48. The Morgan fingerprint density at radius 3 is 2.44 bits per heavy atom. The second kappa shape index (κ2) is 5.24. The molecule has 1 fully saturated rings. The zero-order valence-corrected chi connectivity index (χ0v) is 10.9. The van der Waals surface area contributed by atoms with Crippen molar-refractivity contribution >= 4 is 12.6 Å². The average Bonchev–Trinajstić information content (AvgIpc) is 3.10. The molecule has 0 spiro atoms. The van der Waals surface area contributed by atoms with Crippen molar-refractivity contribution in [3.63, 3.8) is 0 Å². The van der Waals surface area contributed by atoms with Crippen molar-refractivity contribution in [3.8, 4) is 0 Å². The first kappa shape index (κ1) is 12.0. The fourth-order valence-electron chi connectivity index (χ4n) is 2.14. The molecule has 2 heteroatoms. The molecule has 0 amide bonds. The monoisotopic (exact) mass is 235 g/mol. The van der Waals surface area contributed by atoms with Gasteiger partial charge in [-0.2, -0.15) is 12.6 Å². The van der Waals surface area contributed by atoms with Crippen LogP contribution in [0.25, 0.3) is 0 Å². The number of nitrogens with zero attached hydrogens (tertiary/aromatic N) is 1. The van der Waals surface area contributed by atoms with Crippen LogP contribution >= 0.6 is 12.6 Å². The summed E-state index contributed by atoms with van der Waals surface area (Å²) in [5.74, 6) is 1.04. The lowest BCUT2D eigenvalue weighted by atomic mass is 10.1. The molecule has 0 N–H and O–H groups in total. The van der Waals surface area contributed by atoms with Crippen LogP contribution in [-0.4, -0.2) is 23.7 Å². The van der Waals surface area contributed by atoms with Gasteiger partial charge in [0.15, 0.2) is 0 Å². The number of hydrogen-bond donors (Lipinski definition) is 1. The van der Waals surface area contributed by atoms with Crippen molar-refractivity contribution in [2.45, 2.75) is 26.3 Å². The first-order chi connectivity index (χ1) is 7.78. The first-order valence-corrected chi connectivity index (χ1v) is 6.78. The van der Waals surface area contributed by atoms with E-state index in [0.29, 0.717) is 5.41 Å². The van der Waals surface area contributed by atoms with Gasteiger partial charge in [0, 0.05) is 13.1 Å². The maximum absolute atomic E-state index is 4.48. The van der Waals surface area contributed by atoms with E-state index < -0.39 is 0 Å². The van der Waals surface area contributed by atoms with Crippen LogP contribution in [0.5, 0.6) is 0 Å². The minimum absolute atomic E-state index is 0.536. The number of benzene rings is 1. The van der Waals surface area contributed by atoms with E-state index in [9.17, 15) is 0 Å². The molecule has 1 nitrogen and oxygen atoms in total. The SMILES string of the molecule is CCN(Cc1ccccc1)CC1(CS)CC1. The van der Waals surface area contributed by atoms with Crippen LogP contribution in [-0.2, 0) is 6.54 Å². The van der Waals surface area contributed by atoms with Crippen LogP contribution in [0.2, 0.25) is 0 Å². The number of hydrogen-bond acceptors (Lipinski definition) is 2. The van der Waals surface area contributed by atoms with Gasteiger partial charge in [0.05, 0.1) is 0 Å². The van der Waals surface area contributed by atoms with Crippen LogP contribution in [0.1, 0.15) is 25.3 Å². The topological polar surface area (TPSA) is 3.24 Å². The van der Waals surface area contributed by atoms with Crippen molar-refractivity contribution in [1.29, 1.82) is 0 Å². The fourth-order valence-corrected chi connectivity index (χ4v) is 2.55. The van der Waals surface area contributed by atoms with E-state index in [1.807, 2.05) is 0 Å². The predicted molar refractivity (Wildman–Crippen MR) is 72.9 cm³/mol. The fraction of sp³-hybridized carbons (Fsp3) is 0.571. The van der Waals surface area contributed by atoms with Gasteiger partial charge in [0.2, 0.25) is 0 Å². The molecule has 0 radical (unpaired) electrons. The summed E-state index contributed by atoms with van der Waals surface area (Å²) in [6, 6.07) is 10.7. The molecule has 1 aliphatic rings. The van der Waals surface area contributed by atoms with Gasteiger partial charge in [-0.05, 0) is 36.1 Å². The molecule has 1 aliphatic carbocycles. The van der Waals surface area contributed by atoms with Crippen molar-refractivity contribution < 1.29 is 0 Å². The van der Waals surface area contributed by atoms with Gasteiger partial charge in [-0.15, -0.1) is 0 Å². The first-order valence-electron chi connectivity index (χ1n) is 6.15. The average molecular weight is 235 g/mol. The molecule has 88 valence electrons.